The van der Waals surface area contributed by atoms with Crippen molar-refractivity contribution in [2.45, 2.75) is 26.9 Å². The number of benzene rings is 5. The molecule has 2 aromatic heterocycles. The Labute approximate surface area is 186 Å². The second-order valence-corrected chi connectivity index (χ2v) is 8.70. The monoisotopic (exact) mass is 412 g/mol. The first-order valence-electron chi connectivity index (χ1n) is 11.6. The van der Waals surface area contributed by atoms with Crippen molar-refractivity contribution in [2.24, 2.45) is 0 Å². The average Bonchev–Trinajstić information content (AvgIpc) is 3.36. The molecule has 0 atom stereocenters. The molecule has 0 bridgehead atoms. The van der Waals surface area contributed by atoms with E-state index >= 15 is 0 Å². The van der Waals surface area contributed by atoms with Crippen LogP contribution in [0.5, 0.6) is 0 Å². The molecule has 0 radical (unpaired) electrons. The highest BCUT2D eigenvalue weighted by atomic mass is 15.0. The van der Waals surface area contributed by atoms with Crippen molar-refractivity contribution in [1.82, 2.24) is 9.13 Å². The third-order valence-electron chi connectivity index (χ3n) is 7.28. The summed E-state index contributed by atoms with van der Waals surface area (Å²) < 4.78 is 4.95. The van der Waals surface area contributed by atoms with E-state index < -0.39 is 0 Å². The van der Waals surface area contributed by atoms with Gasteiger partial charge in [-0.25, -0.2) is 0 Å². The maximum absolute atomic E-state index is 2.47. The number of aromatic nitrogens is 2. The minimum atomic E-state index is 0.963. The van der Waals surface area contributed by atoms with Gasteiger partial charge in [0.1, 0.15) is 0 Å². The minimum Gasteiger partial charge on any atom is -0.340 e. The number of para-hydroxylation sites is 2. The fraction of sp³-hybridized carbons (Fsp3) is 0.133. The van der Waals surface area contributed by atoms with Gasteiger partial charge in [0.2, 0.25) is 0 Å². The molecule has 0 saturated carbocycles. The highest BCUT2D eigenvalue weighted by Crippen LogP contribution is 2.40. The van der Waals surface area contributed by atoms with Crippen LogP contribution >= 0.6 is 0 Å². The Balaban J connectivity index is 1.70. The first-order valence-corrected chi connectivity index (χ1v) is 11.6. The number of rotatable bonds is 2. The predicted molar refractivity (Wildman–Crippen MR) is 139 cm³/mol. The lowest BCUT2D eigenvalue weighted by atomic mass is 9.97. The first-order chi connectivity index (χ1) is 15.8. The van der Waals surface area contributed by atoms with Gasteiger partial charge < -0.3 is 9.13 Å². The number of hydrogen-bond acceptors (Lipinski definition) is 0. The fourth-order valence-electron chi connectivity index (χ4n) is 5.98. The Bertz CT molecular complexity index is 1710. The molecule has 0 aliphatic rings. The largest absolute Gasteiger partial charge is 0.340 e. The smallest absolute Gasteiger partial charge is 0.0571 e. The standard InChI is InChI=1S/C30H24N2/c1-3-31-27-11-7-5-9-21(27)25-15-13-19-20-14-16-26-22-10-6-8-12-28(22)32(4-2)30(26)24(20)18-17-23(19)29(25)31/h5-18H,3-4H2,1-2H3. The minimum absolute atomic E-state index is 0.963. The van der Waals surface area contributed by atoms with Crippen LogP contribution in [0, 0.1) is 0 Å². The molecule has 0 saturated heterocycles. The lowest BCUT2D eigenvalue weighted by Gasteiger charge is -2.11. The van der Waals surface area contributed by atoms with E-state index in [2.05, 4.69) is 108 Å². The fourth-order valence-corrected chi connectivity index (χ4v) is 5.98. The predicted octanol–water partition coefficient (Wildman–Crippen LogP) is 8.25. The molecule has 7 rings (SSSR count). The van der Waals surface area contributed by atoms with E-state index in [1.807, 2.05) is 0 Å². The lowest BCUT2D eigenvalue weighted by molar-refractivity contribution is 0.829. The summed E-state index contributed by atoms with van der Waals surface area (Å²) in [6.45, 7) is 6.42. The van der Waals surface area contributed by atoms with Crippen LogP contribution in [0.25, 0.3) is 65.2 Å². The quantitative estimate of drug-likeness (QED) is 0.253. The Hall–Kier alpha value is -3.78. The van der Waals surface area contributed by atoms with Gasteiger partial charge in [0.15, 0.2) is 0 Å². The topological polar surface area (TPSA) is 9.86 Å². The summed E-state index contributed by atoms with van der Waals surface area (Å²) >= 11 is 0. The average molecular weight is 413 g/mol. The zero-order chi connectivity index (χ0) is 21.4. The van der Waals surface area contributed by atoms with Gasteiger partial charge in [0, 0.05) is 56.4 Å². The SMILES string of the molecule is CCn1c2ccccc2c2ccc3c4ccc5c6ccccc6n(CC)c5c4ccc3c21. The van der Waals surface area contributed by atoms with Gasteiger partial charge in [-0.05, 0) is 36.8 Å². The van der Waals surface area contributed by atoms with Crippen molar-refractivity contribution in [2.75, 3.05) is 0 Å². The molecule has 7 aromatic rings. The normalized spacial score (nSPS) is 12.3. The molecule has 2 nitrogen and oxygen atoms in total. The Morgan fingerprint density at radius 1 is 0.406 bits per heavy atom. The van der Waals surface area contributed by atoms with Crippen LogP contribution in [0.1, 0.15) is 13.8 Å². The van der Waals surface area contributed by atoms with Gasteiger partial charge >= 0.3 is 0 Å². The van der Waals surface area contributed by atoms with Crippen LogP contribution in [-0.2, 0) is 13.1 Å². The van der Waals surface area contributed by atoms with E-state index in [0.717, 1.165) is 13.1 Å². The molecule has 0 spiro atoms. The molecule has 2 heteroatoms. The summed E-state index contributed by atoms with van der Waals surface area (Å²) in [4.78, 5) is 0. The molecule has 0 unspecified atom stereocenters. The van der Waals surface area contributed by atoms with Crippen LogP contribution in [0.15, 0.2) is 84.9 Å². The summed E-state index contributed by atoms with van der Waals surface area (Å²) in [6.07, 6.45) is 0. The number of fused-ring (bicyclic) bond motifs is 11. The zero-order valence-electron chi connectivity index (χ0n) is 18.4. The second-order valence-electron chi connectivity index (χ2n) is 8.70. The number of aryl methyl sites for hydroxylation is 2. The van der Waals surface area contributed by atoms with Gasteiger partial charge in [-0.3, -0.25) is 0 Å². The van der Waals surface area contributed by atoms with Crippen molar-refractivity contribution in [3.8, 4) is 0 Å². The van der Waals surface area contributed by atoms with E-state index in [1.165, 1.54) is 65.2 Å². The molecule has 0 N–H and O–H groups in total. The molecular formula is C30H24N2. The molecule has 5 aromatic carbocycles. The van der Waals surface area contributed by atoms with Crippen molar-refractivity contribution in [3.63, 3.8) is 0 Å². The maximum atomic E-state index is 2.47. The van der Waals surface area contributed by atoms with Gasteiger partial charge in [0.25, 0.3) is 0 Å². The third-order valence-corrected chi connectivity index (χ3v) is 7.28. The van der Waals surface area contributed by atoms with Gasteiger partial charge in [0.05, 0.1) is 11.0 Å². The molecule has 0 fully saturated rings. The van der Waals surface area contributed by atoms with Crippen LogP contribution < -0.4 is 0 Å². The summed E-state index contributed by atoms with van der Waals surface area (Å²) in [5, 5.41) is 10.7. The zero-order valence-corrected chi connectivity index (χ0v) is 18.4. The van der Waals surface area contributed by atoms with Crippen molar-refractivity contribution >= 4 is 65.2 Å². The second kappa shape index (κ2) is 6.37. The summed E-state index contributed by atoms with van der Waals surface area (Å²) in [7, 11) is 0. The Morgan fingerprint density at radius 3 is 1.16 bits per heavy atom. The van der Waals surface area contributed by atoms with E-state index in [0.29, 0.717) is 0 Å². The van der Waals surface area contributed by atoms with Crippen LogP contribution in [0.3, 0.4) is 0 Å². The highest BCUT2D eigenvalue weighted by molar-refractivity contribution is 6.26. The van der Waals surface area contributed by atoms with E-state index in [1.54, 1.807) is 0 Å². The van der Waals surface area contributed by atoms with E-state index in [9.17, 15) is 0 Å². The van der Waals surface area contributed by atoms with Crippen LogP contribution in [-0.4, -0.2) is 9.13 Å². The van der Waals surface area contributed by atoms with E-state index in [-0.39, 0.29) is 0 Å². The summed E-state index contributed by atoms with van der Waals surface area (Å²) in [6, 6.07) is 31.6. The maximum Gasteiger partial charge on any atom is 0.0571 e. The summed E-state index contributed by atoms with van der Waals surface area (Å²) in [5.74, 6) is 0. The third kappa shape index (κ3) is 2.10. The van der Waals surface area contributed by atoms with Gasteiger partial charge in [-0.2, -0.15) is 0 Å². The summed E-state index contributed by atoms with van der Waals surface area (Å²) in [5.41, 5.74) is 5.34. The van der Waals surface area contributed by atoms with Crippen LogP contribution in [0.4, 0.5) is 0 Å². The number of nitrogens with zero attached hydrogens (tertiary/aromatic N) is 2. The Kier molecular flexibility index (Phi) is 3.55. The lowest BCUT2D eigenvalue weighted by Crippen LogP contribution is -1.95. The Morgan fingerprint density at radius 2 is 0.750 bits per heavy atom. The molecule has 0 aliphatic carbocycles. The van der Waals surface area contributed by atoms with Crippen molar-refractivity contribution in [1.29, 1.82) is 0 Å². The van der Waals surface area contributed by atoms with Crippen molar-refractivity contribution < 1.29 is 0 Å². The van der Waals surface area contributed by atoms with Crippen molar-refractivity contribution in [3.05, 3.63) is 84.9 Å². The molecule has 154 valence electrons. The highest BCUT2D eigenvalue weighted by Gasteiger charge is 2.16. The first kappa shape index (κ1) is 17.9. The van der Waals surface area contributed by atoms with Gasteiger partial charge in [-0.15, -0.1) is 0 Å². The van der Waals surface area contributed by atoms with Crippen LogP contribution in [0.2, 0.25) is 0 Å². The molecule has 0 aliphatic heterocycles. The number of hydrogen-bond donors (Lipinski definition) is 0. The van der Waals surface area contributed by atoms with E-state index in [4.69, 9.17) is 0 Å². The molecular weight excluding hydrogens is 388 g/mol. The molecule has 0 amide bonds. The molecule has 2 heterocycles. The van der Waals surface area contributed by atoms with Gasteiger partial charge in [-0.1, -0.05) is 72.8 Å². The molecule has 32 heavy (non-hydrogen) atoms.